The number of benzene rings is 1. The van der Waals surface area contributed by atoms with Gasteiger partial charge in [-0.3, -0.25) is 4.79 Å². The number of hydrogen-bond acceptors (Lipinski definition) is 3. The Morgan fingerprint density at radius 2 is 1.95 bits per heavy atom. The molecule has 0 heterocycles. The zero-order valence-electron chi connectivity index (χ0n) is 12.9. The molecule has 3 N–H and O–H groups in total. The lowest BCUT2D eigenvalue weighted by Gasteiger charge is -2.31. The molecular weight excluding hydrogens is 252 g/mol. The van der Waals surface area contributed by atoms with E-state index in [0.29, 0.717) is 24.6 Å². The van der Waals surface area contributed by atoms with Crippen molar-refractivity contribution in [3.05, 3.63) is 29.8 Å². The quantitative estimate of drug-likeness (QED) is 0.805. The normalized spacial score (nSPS) is 13.9. The molecule has 1 aromatic carbocycles. The molecule has 20 heavy (non-hydrogen) atoms. The van der Waals surface area contributed by atoms with Crippen molar-refractivity contribution in [3.63, 3.8) is 0 Å². The fourth-order valence-corrected chi connectivity index (χ4v) is 2.30. The van der Waals surface area contributed by atoms with Crippen molar-refractivity contribution in [2.45, 2.75) is 39.7 Å². The highest BCUT2D eigenvalue weighted by atomic mass is 16.5. The molecule has 0 saturated carbocycles. The number of rotatable bonds is 7. The van der Waals surface area contributed by atoms with Gasteiger partial charge in [0, 0.05) is 17.6 Å². The Labute approximate surface area is 121 Å². The Balaban J connectivity index is 2.74. The molecule has 0 spiro atoms. The molecule has 0 aromatic heterocycles. The van der Waals surface area contributed by atoms with Crippen LogP contribution in [0.5, 0.6) is 5.75 Å². The lowest BCUT2D eigenvalue weighted by Crippen LogP contribution is -2.52. The van der Waals surface area contributed by atoms with Gasteiger partial charge in [-0.15, -0.1) is 0 Å². The summed E-state index contributed by atoms with van der Waals surface area (Å²) in [6, 6.07) is 7.15. The van der Waals surface area contributed by atoms with Gasteiger partial charge in [0.15, 0.2) is 0 Å². The van der Waals surface area contributed by atoms with E-state index < -0.39 is 0 Å². The average Bonchev–Trinajstić information content (AvgIpc) is 2.39. The summed E-state index contributed by atoms with van der Waals surface area (Å²) in [7, 11) is 0. The maximum atomic E-state index is 12.3. The van der Waals surface area contributed by atoms with E-state index in [2.05, 4.69) is 19.2 Å². The molecule has 1 atom stereocenters. The molecule has 0 radical (unpaired) electrons. The van der Waals surface area contributed by atoms with Crippen LogP contribution in [0.2, 0.25) is 0 Å². The van der Waals surface area contributed by atoms with Gasteiger partial charge in [0.1, 0.15) is 5.75 Å². The van der Waals surface area contributed by atoms with Gasteiger partial charge in [-0.05, 0) is 50.5 Å². The van der Waals surface area contributed by atoms with E-state index in [1.54, 1.807) is 24.3 Å². The fourth-order valence-electron chi connectivity index (χ4n) is 2.30. The molecule has 0 aliphatic carbocycles. The zero-order chi connectivity index (χ0) is 15.2. The smallest absolute Gasteiger partial charge is 0.251 e. The van der Waals surface area contributed by atoms with Crippen molar-refractivity contribution >= 4 is 5.91 Å². The highest BCUT2D eigenvalue weighted by Gasteiger charge is 2.26. The molecule has 0 fully saturated rings. The predicted molar refractivity (Wildman–Crippen MR) is 82.0 cm³/mol. The minimum absolute atomic E-state index is 0.0957. The minimum atomic E-state index is -0.371. The summed E-state index contributed by atoms with van der Waals surface area (Å²) in [5, 5.41) is 3.04. The number of ether oxygens (including phenoxy) is 1. The molecule has 0 saturated heterocycles. The molecule has 0 bridgehead atoms. The van der Waals surface area contributed by atoms with Crippen LogP contribution in [0.3, 0.4) is 0 Å². The van der Waals surface area contributed by atoms with Crippen LogP contribution in [-0.4, -0.2) is 24.6 Å². The first-order chi connectivity index (χ1) is 9.40. The van der Waals surface area contributed by atoms with Crippen molar-refractivity contribution in [2.24, 2.45) is 11.7 Å². The van der Waals surface area contributed by atoms with Gasteiger partial charge in [0.25, 0.3) is 5.91 Å². The summed E-state index contributed by atoms with van der Waals surface area (Å²) >= 11 is 0. The molecule has 4 heteroatoms. The third-order valence-corrected chi connectivity index (χ3v) is 3.15. The third kappa shape index (κ3) is 4.85. The number of hydrogen-bond donors (Lipinski definition) is 2. The van der Waals surface area contributed by atoms with Crippen LogP contribution in [0, 0.1) is 5.92 Å². The first-order valence-electron chi connectivity index (χ1n) is 7.15. The second-order valence-electron chi connectivity index (χ2n) is 5.77. The van der Waals surface area contributed by atoms with E-state index in [0.717, 1.165) is 12.2 Å². The number of nitrogens with one attached hydrogen (secondary N) is 1. The third-order valence-electron chi connectivity index (χ3n) is 3.15. The molecule has 1 unspecified atom stereocenters. The van der Waals surface area contributed by atoms with Crippen molar-refractivity contribution in [2.75, 3.05) is 13.2 Å². The highest BCUT2D eigenvalue weighted by Crippen LogP contribution is 2.17. The molecule has 0 aliphatic heterocycles. The first-order valence-corrected chi connectivity index (χ1v) is 7.15. The standard InChI is InChI=1S/C16H26N2O2/c1-5-20-14-8-6-13(7-9-14)15(19)18-16(4,11-17)10-12(2)3/h6-9,12H,5,10-11,17H2,1-4H3,(H,18,19). The summed E-state index contributed by atoms with van der Waals surface area (Å²) < 4.78 is 5.36. The van der Waals surface area contributed by atoms with Gasteiger partial charge >= 0.3 is 0 Å². The summed E-state index contributed by atoms with van der Waals surface area (Å²) in [6.07, 6.45) is 0.853. The van der Waals surface area contributed by atoms with E-state index in [1.807, 2.05) is 13.8 Å². The molecule has 1 aromatic rings. The largest absolute Gasteiger partial charge is 0.494 e. The Kier molecular flexibility index (Phi) is 6.02. The van der Waals surface area contributed by atoms with Gasteiger partial charge in [0.05, 0.1) is 6.61 Å². The van der Waals surface area contributed by atoms with Crippen LogP contribution in [0.1, 0.15) is 44.5 Å². The Hall–Kier alpha value is -1.55. The number of carbonyl (C=O) groups is 1. The van der Waals surface area contributed by atoms with Crippen LogP contribution in [0.4, 0.5) is 0 Å². The molecular formula is C16H26N2O2. The fraction of sp³-hybridized carbons (Fsp3) is 0.562. The Bertz CT molecular complexity index is 429. The monoisotopic (exact) mass is 278 g/mol. The molecule has 4 nitrogen and oxygen atoms in total. The second kappa shape index (κ2) is 7.29. The predicted octanol–water partition coefficient (Wildman–Crippen LogP) is 2.58. The lowest BCUT2D eigenvalue weighted by molar-refractivity contribution is 0.0898. The SMILES string of the molecule is CCOc1ccc(C(=O)NC(C)(CN)CC(C)C)cc1. The highest BCUT2D eigenvalue weighted by molar-refractivity contribution is 5.94. The van der Waals surface area contributed by atoms with Crippen LogP contribution in [0.25, 0.3) is 0 Å². The van der Waals surface area contributed by atoms with Crippen molar-refractivity contribution < 1.29 is 9.53 Å². The van der Waals surface area contributed by atoms with Gasteiger partial charge in [0.2, 0.25) is 0 Å². The summed E-state index contributed by atoms with van der Waals surface area (Å²) in [4.78, 5) is 12.3. The van der Waals surface area contributed by atoms with Gasteiger partial charge in [-0.25, -0.2) is 0 Å². The van der Waals surface area contributed by atoms with E-state index in [4.69, 9.17) is 10.5 Å². The molecule has 1 rings (SSSR count). The minimum Gasteiger partial charge on any atom is -0.494 e. The maximum Gasteiger partial charge on any atom is 0.251 e. The van der Waals surface area contributed by atoms with Crippen LogP contribution >= 0.6 is 0 Å². The topological polar surface area (TPSA) is 64.3 Å². The van der Waals surface area contributed by atoms with E-state index in [1.165, 1.54) is 0 Å². The molecule has 1 amide bonds. The van der Waals surface area contributed by atoms with Crippen molar-refractivity contribution in [1.29, 1.82) is 0 Å². The van der Waals surface area contributed by atoms with Crippen LogP contribution < -0.4 is 15.8 Å². The van der Waals surface area contributed by atoms with Crippen molar-refractivity contribution in [3.8, 4) is 5.75 Å². The van der Waals surface area contributed by atoms with Gasteiger partial charge in [-0.2, -0.15) is 0 Å². The number of amides is 1. The lowest BCUT2D eigenvalue weighted by atomic mass is 9.90. The van der Waals surface area contributed by atoms with Crippen LogP contribution in [-0.2, 0) is 0 Å². The second-order valence-corrected chi connectivity index (χ2v) is 5.77. The molecule has 112 valence electrons. The van der Waals surface area contributed by atoms with Gasteiger partial charge in [-0.1, -0.05) is 13.8 Å². The first kappa shape index (κ1) is 16.5. The summed E-state index contributed by atoms with van der Waals surface area (Å²) in [6.45, 7) is 9.20. The summed E-state index contributed by atoms with van der Waals surface area (Å²) in [5.41, 5.74) is 6.06. The van der Waals surface area contributed by atoms with E-state index in [-0.39, 0.29) is 11.4 Å². The Morgan fingerprint density at radius 3 is 2.40 bits per heavy atom. The van der Waals surface area contributed by atoms with E-state index >= 15 is 0 Å². The average molecular weight is 278 g/mol. The van der Waals surface area contributed by atoms with Crippen molar-refractivity contribution in [1.82, 2.24) is 5.32 Å². The number of carbonyl (C=O) groups excluding carboxylic acids is 1. The Morgan fingerprint density at radius 1 is 1.35 bits per heavy atom. The van der Waals surface area contributed by atoms with Crippen LogP contribution in [0.15, 0.2) is 24.3 Å². The maximum absolute atomic E-state index is 12.3. The van der Waals surface area contributed by atoms with Gasteiger partial charge < -0.3 is 15.8 Å². The summed E-state index contributed by atoms with van der Waals surface area (Å²) in [5.74, 6) is 1.15. The zero-order valence-corrected chi connectivity index (χ0v) is 12.9. The van der Waals surface area contributed by atoms with E-state index in [9.17, 15) is 4.79 Å². The number of nitrogens with two attached hydrogens (primary N) is 1. The molecule has 0 aliphatic rings.